The monoisotopic (exact) mass is 552 g/mol. The summed E-state index contributed by atoms with van der Waals surface area (Å²) in [6.07, 6.45) is -4.24. The molecule has 0 saturated carbocycles. The number of carbonyl (C=O) groups is 2. The summed E-state index contributed by atoms with van der Waals surface area (Å²) in [5, 5.41) is 19.8. The van der Waals surface area contributed by atoms with Crippen molar-refractivity contribution >= 4 is 29.3 Å². The van der Waals surface area contributed by atoms with E-state index in [-0.39, 0.29) is 5.56 Å². The molecule has 1 saturated heterocycles. The lowest BCUT2D eigenvalue weighted by Crippen LogP contribution is -2.51. The number of aliphatic imine (C=N–C) groups is 1. The quantitative estimate of drug-likeness (QED) is 0.246. The van der Waals surface area contributed by atoms with Crippen LogP contribution < -0.4 is 10.2 Å². The molecule has 0 bridgehead atoms. The lowest BCUT2D eigenvalue weighted by Gasteiger charge is -2.38. The Labute approximate surface area is 225 Å². The standard InChI is InChI=1S/C25H34N4O3.C2HF3O2/c1-4-32-17-7-12-26-25(27-22-10-6-9-21(18-22)24(30)31)29-15-13-28(14-16-29)23-11-5-8-19(2)20(23)3;3-2(4,5)1(6)7/h5-6,8-11,18H,4,7,12-17H2,1-3H3,(H,26,27)(H,30,31);(H,6,7). The van der Waals surface area contributed by atoms with Crippen molar-refractivity contribution < 1.29 is 37.7 Å². The van der Waals surface area contributed by atoms with E-state index >= 15 is 0 Å². The molecule has 1 aliphatic rings. The van der Waals surface area contributed by atoms with Gasteiger partial charge < -0.3 is 30.1 Å². The van der Waals surface area contributed by atoms with E-state index in [4.69, 9.17) is 19.6 Å². The Morgan fingerprint density at radius 2 is 1.69 bits per heavy atom. The molecule has 1 aliphatic heterocycles. The van der Waals surface area contributed by atoms with E-state index in [2.05, 4.69) is 47.2 Å². The van der Waals surface area contributed by atoms with E-state index in [1.54, 1.807) is 18.2 Å². The number of guanidine groups is 1. The number of rotatable bonds is 8. The van der Waals surface area contributed by atoms with E-state index in [1.807, 2.05) is 13.0 Å². The largest absolute Gasteiger partial charge is 0.490 e. The Hall–Kier alpha value is -3.80. The van der Waals surface area contributed by atoms with Crippen LogP contribution in [0, 0.1) is 13.8 Å². The van der Waals surface area contributed by atoms with Crippen LogP contribution in [0.5, 0.6) is 0 Å². The maximum Gasteiger partial charge on any atom is 0.490 e. The maximum absolute atomic E-state index is 11.3. The second-order valence-corrected chi connectivity index (χ2v) is 8.76. The van der Waals surface area contributed by atoms with Gasteiger partial charge in [0.1, 0.15) is 0 Å². The van der Waals surface area contributed by atoms with E-state index in [9.17, 15) is 23.1 Å². The number of carboxylic acids is 2. The number of halogens is 3. The van der Waals surface area contributed by atoms with Crippen LogP contribution in [0.25, 0.3) is 0 Å². The molecule has 9 nitrogen and oxygen atoms in total. The second kappa shape index (κ2) is 15.0. The number of nitrogens with one attached hydrogen (secondary N) is 1. The van der Waals surface area contributed by atoms with Gasteiger partial charge in [0, 0.05) is 57.3 Å². The van der Waals surface area contributed by atoms with Crippen LogP contribution in [0.2, 0.25) is 0 Å². The van der Waals surface area contributed by atoms with Crippen molar-refractivity contribution in [1.29, 1.82) is 0 Å². The fraction of sp³-hybridized carbons (Fsp3) is 0.444. The molecular formula is C27H35F3N4O5. The van der Waals surface area contributed by atoms with Gasteiger partial charge in [0.2, 0.25) is 0 Å². The van der Waals surface area contributed by atoms with Crippen molar-refractivity contribution in [1.82, 2.24) is 4.90 Å². The summed E-state index contributed by atoms with van der Waals surface area (Å²) >= 11 is 0. The Morgan fingerprint density at radius 3 is 2.28 bits per heavy atom. The predicted octanol–water partition coefficient (Wildman–Crippen LogP) is 4.65. The van der Waals surface area contributed by atoms with Gasteiger partial charge in [-0.05, 0) is 62.6 Å². The van der Waals surface area contributed by atoms with Gasteiger partial charge in [-0.15, -0.1) is 0 Å². The smallest absolute Gasteiger partial charge is 0.478 e. The number of nitrogens with zero attached hydrogens (tertiary/aromatic N) is 3. The summed E-state index contributed by atoms with van der Waals surface area (Å²) in [4.78, 5) is 29.7. The maximum atomic E-state index is 11.3. The fourth-order valence-corrected chi connectivity index (χ4v) is 3.81. The van der Waals surface area contributed by atoms with E-state index in [1.165, 1.54) is 16.8 Å². The van der Waals surface area contributed by atoms with Gasteiger partial charge in [-0.25, -0.2) is 9.59 Å². The Kier molecular flexibility index (Phi) is 12.1. The number of alkyl halides is 3. The molecule has 1 fully saturated rings. The Bertz CT molecular complexity index is 1130. The van der Waals surface area contributed by atoms with Crippen LogP contribution in [0.1, 0.15) is 34.8 Å². The highest BCUT2D eigenvalue weighted by molar-refractivity contribution is 5.96. The molecule has 0 aliphatic carbocycles. The highest BCUT2D eigenvalue weighted by Crippen LogP contribution is 2.24. The first-order valence-corrected chi connectivity index (χ1v) is 12.5. The summed E-state index contributed by atoms with van der Waals surface area (Å²) in [5.41, 5.74) is 4.91. The summed E-state index contributed by atoms with van der Waals surface area (Å²) in [6.45, 7) is 11.8. The number of carboxylic acid groups (broad SMARTS) is 2. The third-order valence-corrected chi connectivity index (χ3v) is 6.02. The minimum absolute atomic E-state index is 0.255. The minimum Gasteiger partial charge on any atom is -0.478 e. The summed E-state index contributed by atoms with van der Waals surface area (Å²) in [6, 6.07) is 13.3. The molecule has 2 aromatic rings. The van der Waals surface area contributed by atoms with Crippen molar-refractivity contribution in [3.63, 3.8) is 0 Å². The molecule has 0 unspecified atom stereocenters. The average molecular weight is 553 g/mol. The summed E-state index contributed by atoms with van der Waals surface area (Å²) in [5.74, 6) is -2.91. The number of aliphatic carboxylic acids is 1. The van der Waals surface area contributed by atoms with Gasteiger partial charge in [0.25, 0.3) is 0 Å². The Morgan fingerprint density at radius 1 is 1.05 bits per heavy atom. The number of hydrogen-bond donors (Lipinski definition) is 3. The van der Waals surface area contributed by atoms with E-state index in [0.29, 0.717) is 19.8 Å². The molecule has 39 heavy (non-hydrogen) atoms. The van der Waals surface area contributed by atoms with Crippen LogP contribution in [-0.4, -0.2) is 85.1 Å². The highest BCUT2D eigenvalue weighted by Gasteiger charge is 2.38. The van der Waals surface area contributed by atoms with Gasteiger partial charge in [-0.1, -0.05) is 18.2 Å². The number of ether oxygens (including phenoxy) is 1. The number of hydrogen-bond acceptors (Lipinski definition) is 5. The predicted molar refractivity (Wildman–Crippen MR) is 144 cm³/mol. The molecule has 1 heterocycles. The number of benzene rings is 2. The number of anilines is 2. The molecule has 2 aromatic carbocycles. The van der Waals surface area contributed by atoms with Gasteiger partial charge in [-0.2, -0.15) is 13.2 Å². The lowest BCUT2D eigenvalue weighted by atomic mass is 10.1. The molecule has 214 valence electrons. The second-order valence-electron chi connectivity index (χ2n) is 8.76. The SMILES string of the molecule is CCOCCCN=C(Nc1cccc(C(=O)O)c1)N1CCN(c2cccc(C)c2C)CC1.O=C(O)C(F)(F)F. The van der Waals surface area contributed by atoms with Crippen molar-refractivity contribution in [2.45, 2.75) is 33.4 Å². The molecule has 0 spiro atoms. The molecule has 0 amide bonds. The van der Waals surface area contributed by atoms with Crippen LogP contribution in [0.4, 0.5) is 24.5 Å². The van der Waals surface area contributed by atoms with Gasteiger partial charge in [0.05, 0.1) is 5.56 Å². The zero-order chi connectivity index (χ0) is 29.0. The number of piperazine rings is 1. The minimum atomic E-state index is -5.08. The molecule has 0 radical (unpaired) electrons. The van der Waals surface area contributed by atoms with Crippen molar-refractivity contribution in [3.05, 3.63) is 59.2 Å². The molecule has 0 atom stereocenters. The van der Waals surface area contributed by atoms with Gasteiger partial charge in [0.15, 0.2) is 5.96 Å². The average Bonchev–Trinajstić information content (AvgIpc) is 2.89. The third-order valence-electron chi connectivity index (χ3n) is 6.02. The molecule has 3 N–H and O–H groups in total. The summed E-state index contributed by atoms with van der Waals surface area (Å²) < 4.78 is 37.2. The first-order chi connectivity index (χ1) is 18.4. The molecule has 12 heteroatoms. The zero-order valence-corrected chi connectivity index (χ0v) is 22.3. The fourth-order valence-electron chi connectivity index (χ4n) is 3.81. The lowest BCUT2D eigenvalue weighted by molar-refractivity contribution is -0.192. The zero-order valence-electron chi connectivity index (χ0n) is 22.3. The van der Waals surface area contributed by atoms with Crippen molar-refractivity contribution in [3.8, 4) is 0 Å². The molecular weight excluding hydrogens is 517 g/mol. The third kappa shape index (κ3) is 10.1. The van der Waals surface area contributed by atoms with Crippen LogP contribution in [0.3, 0.4) is 0 Å². The van der Waals surface area contributed by atoms with Crippen LogP contribution >= 0.6 is 0 Å². The highest BCUT2D eigenvalue weighted by atomic mass is 19.4. The van der Waals surface area contributed by atoms with Crippen LogP contribution in [-0.2, 0) is 9.53 Å². The normalized spacial score (nSPS) is 13.9. The number of aromatic carboxylic acids is 1. The topological polar surface area (TPSA) is 115 Å². The van der Waals surface area contributed by atoms with Crippen molar-refractivity contribution in [2.24, 2.45) is 4.99 Å². The molecule has 3 rings (SSSR count). The van der Waals surface area contributed by atoms with E-state index < -0.39 is 18.1 Å². The number of aryl methyl sites for hydroxylation is 1. The molecule has 0 aromatic heterocycles. The van der Waals surface area contributed by atoms with Gasteiger partial charge in [-0.3, -0.25) is 4.99 Å². The summed E-state index contributed by atoms with van der Waals surface area (Å²) in [7, 11) is 0. The van der Waals surface area contributed by atoms with E-state index in [0.717, 1.165) is 44.2 Å². The van der Waals surface area contributed by atoms with Gasteiger partial charge >= 0.3 is 18.1 Å². The van der Waals surface area contributed by atoms with Crippen LogP contribution in [0.15, 0.2) is 47.5 Å². The Balaban J connectivity index is 0.000000673. The van der Waals surface area contributed by atoms with Crippen molar-refractivity contribution in [2.75, 3.05) is 56.2 Å². The first-order valence-electron chi connectivity index (χ1n) is 12.5. The first kappa shape index (κ1) is 31.4.